The molecular formula is C6H12FO5P. The van der Waals surface area contributed by atoms with Gasteiger partial charge in [-0.2, -0.15) is 0 Å². The first-order chi connectivity index (χ1) is 5.85. The van der Waals surface area contributed by atoms with Gasteiger partial charge >= 0.3 is 19.0 Å². The maximum atomic E-state index is 13.5. The van der Waals surface area contributed by atoms with Crippen LogP contribution in [0, 0.1) is 0 Å². The van der Waals surface area contributed by atoms with Crippen LogP contribution >= 0.6 is 7.60 Å². The minimum atomic E-state index is -4.10. The van der Waals surface area contributed by atoms with E-state index in [0.717, 1.165) is 28.3 Å². The van der Waals surface area contributed by atoms with Crippen molar-refractivity contribution in [2.45, 2.75) is 12.3 Å². The van der Waals surface area contributed by atoms with Crippen molar-refractivity contribution in [2.75, 3.05) is 21.3 Å². The number of alkyl halides is 1. The van der Waals surface area contributed by atoms with Crippen LogP contribution in [-0.2, 0) is 23.1 Å². The lowest BCUT2D eigenvalue weighted by Gasteiger charge is -2.24. The van der Waals surface area contributed by atoms with E-state index in [1.807, 2.05) is 0 Å². The highest BCUT2D eigenvalue weighted by Gasteiger charge is 2.54. The Morgan fingerprint density at radius 1 is 1.31 bits per heavy atom. The molecule has 1 atom stereocenters. The molecule has 0 aromatic rings. The minimum absolute atomic E-state index is 0.784. The lowest BCUT2D eigenvalue weighted by atomic mass is 10.4. The van der Waals surface area contributed by atoms with E-state index in [-0.39, 0.29) is 0 Å². The molecule has 7 heteroatoms. The molecule has 0 saturated heterocycles. The third-order valence-corrected chi connectivity index (χ3v) is 3.73. The Kier molecular flexibility index (Phi) is 4.03. The van der Waals surface area contributed by atoms with Crippen molar-refractivity contribution in [3.63, 3.8) is 0 Å². The van der Waals surface area contributed by atoms with Crippen molar-refractivity contribution >= 4 is 13.6 Å². The Bertz CT molecular complexity index is 231. The van der Waals surface area contributed by atoms with Crippen LogP contribution in [0.25, 0.3) is 0 Å². The summed E-state index contributed by atoms with van der Waals surface area (Å²) in [5.41, 5.74) is 0. The van der Waals surface area contributed by atoms with Crippen molar-refractivity contribution in [2.24, 2.45) is 0 Å². The molecule has 0 saturated carbocycles. The molecule has 0 aliphatic carbocycles. The Balaban J connectivity index is 5.00. The monoisotopic (exact) mass is 214 g/mol. The average Bonchev–Trinajstić information content (AvgIpc) is 2.14. The van der Waals surface area contributed by atoms with Gasteiger partial charge in [-0.25, -0.2) is 9.18 Å². The Morgan fingerprint density at radius 3 is 1.92 bits per heavy atom. The number of rotatable bonds is 4. The van der Waals surface area contributed by atoms with E-state index in [2.05, 4.69) is 13.8 Å². The Labute approximate surface area is 75.7 Å². The summed E-state index contributed by atoms with van der Waals surface area (Å²) < 4.78 is 37.8. The second-order valence-electron chi connectivity index (χ2n) is 2.31. The largest absolute Gasteiger partial charge is 0.466 e. The van der Waals surface area contributed by atoms with Crippen LogP contribution in [0.1, 0.15) is 6.92 Å². The molecule has 0 aromatic carbocycles. The SMILES string of the molecule is COC(=O)C(C)(F)P(=O)(OC)OC. The first-order valence-electron chi connectivity index (χ1n) is 3.34. The molecule has 0 amide bonds. The molecule has 0 bridgehead atoms. The fraction of sp³-hybridized carbons (Fsp3) is 0.833. The van der Waals surface area contributed by atoms with Gasteiger partial charge < -0.3 is 13.8 Å². The van der Waals surface area contributed by atoms with Crippen LogP contribution in [0.4, 0.5) is 4.39 Å². The van der Waals surface area contributed by atoms with Crippen LogP contribution in [-0.4, -0.2) is 32.7 Å². The fourth-order valence-electron chi connectivity index (χ4n) is 0.715. The molecule has 0 fully saturated rings. The molecule has 0 radical (unpaired) electrons. The third kappa shape index (κ3) is 2.07. The molecule has 0 aliphatic rings. The summed E-state index contributed by atoms with van der Waals surface area (Å²) >= 11 is 0. The van der Waals surface area contributed by atoms with Gasteiger partial charge in [0, 0.05) is 14.2 Å². The molecule has 78 valence electrons. The lowest BCUT2D eigenvalue weighted by molar-refractivity contribution is -0.149. The lowest BCUT2D eigenvalue weighted by Crippen LogP contribution is -2.32. The molecule has 13 heavy (non-hydrogen) atoms. The summed E-state index contributed by atoms with van der Waals surface area (Å²) in [4.78, 5) is 10.9. The molecule has 1 unspecified atom stereocenters. The maximum absolute atomic E-state index is 13.5. The molecule has 5 nitrogen and oxygen atoms in total. The van der Waals surface area contributed by atoms with E-state index < -0.39 is 19.0 Å². The topological polar surface area (TPSA) is 61.8 Å². The summed E-state index contributed by atoms with van der Waals surface area (Å²) in [7, 11) is -1.13. The van der Waals surface area contributed by atoms with E-state index >= 15 is 0 Å². The summed E-state index contributed by atoms with van der Waals surface area (Å²) in [6, 6.07) is 0. The first kappa shape index (κ1) is 12.6. The van der Waals surface area contributed by atoms with Crippen LogP contribution in [0.5, 0.6) is 0 Å². The Hall–Kier alpha value is -0.450. The zero-order valence-electron chi connectivity index (χ0n) is 7.87. The molecule has 0 aromatic heterocycles. The van der Waals surface area contributed by atoms with Crippen LogP contribution < -0.4 is 0 Å². The van der Waals surface area contributed by atoms with Gasteiger partial charge in [-0.3, -0.25) is 4.57 Å². The van der Waals surface area contributed by atoms with Gasteiger partial charge in [0.1, 0.15) is 0 Å². The molecule has 0 N–H and O–H groups in total. The minimum Gasteiger partial charge on any atom is -0.466 e. The van der Waals surface area contributed by atoms with E-state index in [1.54, 1.807) is 0 Å². The number of hydrogen-bond acceptors (Lipinski definition) is 5. The molecule has 0 heterocycles. The summed E-state index contributed by atoms with van der Waals surface area (Å²) in [5, 5.41) is -2.79. The fourth-order valence-corrected chi connectivity index (χ4v) is 1.87. The van der Waals surface area contributed by atoms with Crippen molar-refractivity contribution in [1.29, 1.82) is 0 Å². The van der Waals surface area contributed by atoms with Gasteiger partial charge in [0.2, 0.25) is 0 Å². The number of carbonyl (C=O) groups excluding carboxylic acids is 1. The zero-order valence-corrected chi connectivity index (χ0v) is 8.76. The number of methoxy groups -OCH3 is 1. The van der Waals surface area contributed by atoms with Gasteiger partial charge in [-0.15, -0.1) is 0 Å². The van der Waals surface area contributed by atoms with Gasteiger partial charge in [0.15, 0.2) is 0 Å². The molecule has 0 spiro atoms. The summed E-state index contributed by atoms with van der Waals surface area (Å²) in [6.07, 6.45) is 0. The second kappa shape index (κ2) is 4.17. The van der Waals surface area contributed by atoms with E-state index in [1.165, 1.54) is 0 Å². The average molecular weight is 214 g/mol. The number of carbonyl (C=O) groups is 1. The van der Waals surface area contributed by atoms with E-state index in [9.17, 15) is 13.8 Å². The third-order valence-electron chi connectivity index (χ3n) is 1.55. The zero-order chi connectivity index (χ0) is 10.7. The van der Waals surface area contributed by atoms with Crippen molar-refractivity contribution in [3.05, 3.63) is 0 Å². The number of halogens is 1. The van der Waals surface area contributed by atoms with Crippen molar-refractivity contribution in [3.8, 4) is 0 Å². The molecule has 0 aliphatic heterocycles. The number of esters is 1. The van der Waals surface area contributed by atoms with E-state index in [4.69, 9.17) is 0 Å². The van der Waals surface area contributed by atoms with Crippen molar-refractivity contribution < 1.29 is 27.5 Å². The quantitative estimate of drug-likeness (QED) is 0.521. The normalized spacial score (nSPS) is 16.4. The summed E-state index contributed by atoms with van der Waals surface area (Å²) in [6.45, 7) is 0.784. The van der Waals surface area contributed by atoms with Gasteiger partial charge in [0.05, 0.1) is 7.11 Å². The van der Waals surface area contributed by atoms with Crippen LogP contribution in [0.2, 0.25) is 0 Å². The number of ether oxygens (including phenoxy) is 1. The van der Waals surface area contributed by atoms with Gasteiger partial charge in [0.25, 0.3) is 0 Å². The van der Waals surface area contributed by atoms with E-state index in [0.29, 0.717) is 0 Å². The first-order valence-corrected chi connectivity index (χ1v) is 4.89. The highest BCUT2D eigenvalue weighted by Crippen LogP contribution is 2.59. The predicted octanol–water partition coefficient (Wildman–Crippen LogP) is 1.33. The van der Waals surface area contributed by atoms with Crippen molar-refractivity contribution in [1.82, 2.24) is 0 Å². The molecular weight excluding hydrogens is 202 g/mol. The van der Waals surface area contributed by atoms with Crippen LogP contribution in [0.3, 0.4) is 0 Å². The highest BCUT2D eigenvalue weighted by atomic mass is 31.2. The smallest absolute Gasteiger partial charge is 0.378 e. The van der Waals surface area contributed by atoms with Gasteiger partial charge in [-0.1, -0.05) is 0 Å². The maximum Gasteiger partial charge on any atom is 0.378 e. The second-order valence-corrected chi connectivity index (χ2v) is 4.87. The summed E-state index contributed by atoms with van der Waals surface area (Å²) in [5.74, 6) is -1.29. The molecule has 0 rings (SSSR count). The van der Waals surface area contributed by atoms with Gasteiger partial charge in [-0.05, 0) is 6.92 Å². The van der Waals surface area contributed by atoms with Crippen LogP contribution in [0.15, 0.2) is 0 Å². The highest BCUT2D eigenvalue weighted by molar-refractivity contribution is 7.56. The standard InChI is InChI=1S/C6H12FO5P/c1-6(7,5(8)10-2)13(9,11-3)12-4/h1-4H3. The number of hydrogen-bond donors (Lipinski definition) is 0. The predicted molar refractivity (Wildman–Crippen MR) is 43.2 cm³/mol. The Morgan fingerprint density at radius 2 is 1.69 bits per heavy atom.